The van der Waals surface area contributed by atoms with Crippen molar-refractivity contribution in [1.29, 1.82) is 0 Å². The van der Waals surface area contributed by atoms with Gasteiger partial charge in [0.05, 0.1) is 33.0 Å². The predicted molar refractivity (Wildman–Crippen MR) is 63.2 cm³/mol. The van der Waals surface area contributed by atoms with Gasteiger partial charge in [0.25, 0.3) is 0 Å². The van der Waals surface area contributed by atoms with E-state index in [4.69, 9.17) is 4.74 Å². The fourth-order valence-corrected chi connectivity index (χ4v) is 1.24. The van der Waals surface area contributed by atoms with Crippen LogP contribution in [0, 0.1) is 10.8 Å². The molecule has 0 saturated carbocycles. The molecule has 1 unspecified atom stereocenters. The van der Waals surface area contributed by atoms with Crippen molar-refractivity contribution in [1.82, 2.24) is 0 Å². The van der Waals surface area contributed by atoms with E-state index in [1.807, 2.05) is 20.8 Å². The van der Waals surface area contributed by atoms with Crippen LogP contribution in [-0.2, 0) is 4.74 Å². The van der Waals surface area contributed by atoms with E-state index in [2.05, 4.69) is 0 Å². The number of rotatable bonds is 9. The van der Waals surface area contributed by atoms with Crippen LogP contribution in [-0.4, -0.2) is 48.4 Å². The Kier molecular flexibility index (Phi) is 7.15. The van der Waals surface area contributed by atoms with Gasteiger partial charge >= 0.3 is 0 Å². The van der Waals surface area contributed by atoms with Crippen molar-refractivity contribution in [2.45, 2.75) is 33.6 Å². The van der Waals surface area contributed by atoms with Gasteiger partial charge in [0.1, 0.15) is 0 Å². The largest absolute Gasteiger partial charge is 0.396 e. The highest BCUT2D eigenvalue weighted by Gasteiger charge is 2.29. The van der Waals surface area contributed by atoms with Gasteiger partial charge in [0.15, 0.2) is 0 Å². The average molecular weight is 234 g/mol. The lowest BCUT2D eigenvalue weighted by Crippen LogP contribution is -2.37. The molecule has 0 aromatic carbocycles. The standard InChI is InChI=1S/C12H26O4/c1-4-11(3,6-13)9-16-10-12(5-2,7-14)8-15/h13-15H,4-10H2,1-3H3. The average Bonchev–Trinajstić information content (AvgIpc) is 2.35. The Hall–Kier alpha value is -0.160. The van der Waals surface area contributed by atoms with Crippen molar-refractivity contribution in [2.75, 3.05) is 33.0 Å². The number of aliphatic hydroxyl groups excluding tert-OH is 3. The summed E-state index contributed by atoms with van der Waals surface area (Å²) in [5, 5.41) is 27.7. The molecule has 0 aromatic heterocycles. The van der Waals surface area contributed by atoms with Crippen LogP contribution in [0.5, 0.6) is 0 Å². The third kappa shape index (κ3) is 4.37. The summed E-state index contributed by atoms with van der Waals surface area (Å²) >= 11 is 0. The second kappa shape index (κ2) is 7.22. The first-order chi connectivity index (χ1) is 7.51. The van der Waals surface area contributed by atoms with Gasteiger partial charge < -0.3 is 20.1 Å². The van der Waals surface area contributed by atoms with Crippen LogP contribution >= 0.6 is 0 Å². The van der Waals surface area contributed by atoms with Crippen molar-refractivity contribution in [3.05, 3.63) is 0 Å². The maximum atomic E-state index is 9.23. The second-order valence-electron chi connectivity index (χ2n) is 4.98. The van der Waals surface area contributed by atoms with Crippen LogP contribution in [0.1, 0.15) is 33.6 Å². The Balaban J connectivity index is 4.13. The molecule has 0 heterocycles. The minimum Gasteiger partial charge on any atom is -0.396 e. The minimum absolute atomic E-state index is 0.0814. The molecule has 0 aliphatic heterocycles. The quantitative estimate of drug-likeness (QED) is 0.552. The summed E-state index contributed by atoms with van der Waals surface area (Å²) in [4.78, 5) is 0. The molecule has 98 valence electrons. The van der Waals surface area contributed by atoms with E-state index in [0.29, 0.717) is 19.6 Å². The lowest BCUT2D eigenvalue weighted by Gasteiger charge is -2.31. The van der Waals surface area contributed by atoms with Crippen molar-refractivity contribution in [2.24, 2.45) is 10.8 Å². The summed E-state index contributed by atoms with van der Waals surface area (Å²) in [6, 6.07) is 0. The predicted octanol–water partition coefficient (Wildman–Crippen LogP) is 0.793. The van der Waals surface area contributed by atoms with Crippen molar-refractivity contribution >= 4 is 0 Å². The smallest absolute Gasteiger partial charge is 0.0566 e. The molecule has 16 heavy (non-hydrogen) atoms. The molecule has 0 aliphatic rings. The zero-order chi connectivity index (χ0) is 12.7. The van der Waals surface area contributed by atoms with Gasteiger partial charge in [-0.25, -0.2) is 0 Å². The van der Waals surface area contributed by atoms with Crippen molar-refractivity contribution in [3.63, 3.8) is 0 Å². The van der Waals surface area contributed by atoms with Gasteiger partial charge in [-0.1, -0.05) is 20.8 Å². The van der Waals surface area contributed by atoms with E-state index in [1.165, 1.54) is 0 Å². The van der Waals surface area contributed by atoms with Crippen LogP contribution in [0.25, 0.3) is 0 Å². The highest BCUT2D eigenvalue weighted by atomic mass is 16.5. The lowest BCUT2D eigenvalue weighted by molar-refractivity contribution is -0.0609. The van der Waals surface area contributed by atoms with E-state index < -0.39 is 5.41 Å². The highest BCUT2D eigenvalue weighted by Crippen LogP contribution is 2.24. The topological polar surface area (TPSA) is 69.9 Å². The Bertz CT molecular complexity index is 166. The van der Waals surface area contributed by atoms with Crippen molar-refractivity contribution < 1.29 is 20.1 Å². The molecule has 0 saturated heterocycles. The Morgan fingerprint density at radius 1 is 0.875 bits per heavy atom. The van der Waals surface area contributed by atoms with Gasteiger partial charge in [-0.2, -0.15) is 0 Å². The molecule has 0 rings (SSSR count). The highest BCUT2D eigenvalue weighted by molar-refractivity contribution is 4.77. The van der Waals surface area contributed by atoms with Crippen LogP contribution in [0.4, 0.5) is 0 Å². The minimum atomic E-state index is -0.551. The maximum Gasteiger partial charge on any atom is 0.0566 e. The molecule has 4 heteroatoms. The molecule has 0 amide bonds. The molecule has 1 atom stereocenters. The third-order valence-electron chi connectivity index (χ3n) is 3.51. The molecule has 0 radical (unpaired) electrons. The maximum absolute atomic E-state index is 9.23. The summed E-state index contributed by atoms with van der Waals surface area (Å²) in [7, 11) is 0. The number of ether oxygens (including phenoxy) is 1. The first-order valence-electron chi connectivity index (χ1n) is 5.92. The first kappa shape index (κ1) is 15.8. The van der Waals surface area contributed by atoms with Crippen molar-refractivity contribution in [3.8, 4) is 0 Å². The number of aliphatic hydroxyl groups is 3. The fourth-order valence-electron chi connectivity index (χ4n) is 1.24. The van der Waals surface area contributed by atoms with Crippen LogP contribution in [0.15, 0.2) is 0 Å². The molecule has 0 spiro atoms. The number of hydrogen-bond acceptors (Lipinski definition) is 4. The molecule has 0 bridgehead atoms. The van der Waals surface area contributed by atoms with E-state index in [9.17, 15) is 15.3 Å². The van der Waals surface area contributed by atoms with Gasteiger partial charge in [-0.15, -0.1) is 0 Å². The Morgan fingerprint density at radius 3 is 1.75 bits per heavy atom. The molecule has 0 aliphatic carbocycles. The summed E-state index contributed by atoms with van der Waals surface area (Å²) in [5.74, 6) is 0. The van der Waals surface area contributed by atoms with Gasteiger partial charge in [0.2, 0.25) is 0 Å². The fraction of sp³-hybridized carbons (Fsp3) is 1.00. The molecule has 4 nitrogen and oxygen atoms in total. The van der Waals surface area contributed by atoms with Gasteiger partial charge in [-0.3, -0.25) is 0 Å². The monoisotopic (exact) mass is 234 g/mol. The van der Waals surface area contributed by atoms with Gasteiger partial charge in [0, 0.05) is 10.8 Å². The summed E-state index contributed by atoms with van der Waals surface area (Å²) < 4.78 is 5.54. The zero-order valence-corrected chi connectivity index (χ0v) is 10.7. The van der Waals surface area contributed by atoms with E-state index in [0.717, 1.165) is 6.42 Å². The van der Waals surface area contributed by atoms with Crippen LogP contribution in [0.3, 0.4) is 0 Å². The summed E-state index contributed by atoms with van der Waals surface area (Å²) in [6.07, 6.45) is 1.50. The first-order valence-corrected chi connectivity index (χ1v) is 5.92. The summed E-state index contributed by atoms with van der Waals surface area (Å²) in [5.41, 5.74) is -0.783. The lowest BCUT2D eigenvalue weighted by atomic mass is 9.87. The Labute approximate surface area is 98.2 Å². The molecular formula is C12H26O4. The molecule has 0 fully saturated rings. The van der Waals surface area contributed by atoms with Crippen LogP contribution in [0.2, 0.25) is 0 Å². The molecule has 0 aromatic rings. The van der Waals surface area contributed by atoms with E-state index in [-0.39, 0.29) is 25.2 Å². The van der Waals surface area contributed by atoms with E-state index >= 15 is 0 Å². The second-order valence-corrected chi connectivity index (χ2v) is 4.98. The normalized spacial score (nSPS) is 16.1. The SMILES string of the molecule is CCC(C)(CO)COCC(CC)(CO)CO. The third-order valence-corrected chi connectivity index (χ3v) is 3.51. The molecule has 3 N–H and O–H groups in total. The van der Waals surface area contributed by atoms with Gasteiger partial charge in [-0.05, 0) is 12.8 Å². The zero-order valence-electron chi connectivity index (χ0n) is 10.7. The van der Waals surface area contributed by atoms with E-state index in [1.54, 1.807) is 0 Å². The molecular weight excluding hydrogens is 208 g/mol. The van der Waals surface area contributed by atoms with Crippen LogP contribution < -0.4 is 0 Å². The summed E-state index contributed by atoms with van der Waals surface area (Å²) in [6.45, 7) is 6.57. The number of hydrogen-bond donors (Lipinski definition) is 3. The Morgan fingerprint density at radius 2 is 1.44 bits per heavy atom.